The Morgan fingerprint density at radius 1 is 1.33 bits per heavy atom. The molecule has 0 aliphatic heterocycles. The van der Waals surface area contributed by atoms with Crippen LogP contribution in [0.1, 0.15) is 24.8 Å². The molecule has 3 nitrogen and oxygen atoms in total. The first kappa shape index (κ1) is 15.0. The van der Waals surface area contributed by atoms with Crippen molar-refractivity contribution in [1.29, 1.82) is 0 Å². The zero-order chi connectivity index (χ0) is 12.1. The summed E-state index contributed by atoms with van der Waals surface area (Å²) in [6.07, 6.45) is 3.83. The van der Waals surface area contributed by atoms with Gasteiger partial charge in [-0.2, -0.15) is 0 Å². The molecule has 100 valence electrons. The molecular formula is C14H21ClN2O. The monoisotopic (exact) mass is 268 g/mol. The maximum atomic E-state index is 11.6. The van der Waals surface area contributed by atoms with E-state index >= 15 is 0 Å². The first-order chi connectivity index (χ1) is 8.29. The molecule has 0 spiro atoms. The van der Waals surface area contributed by atoms with Crippen molar-refractivity contribution in [1.82, 2.24) is 5.32 Å². The van der Waals surface area contributed by atoms with Gasteiger partial charge in [0.2, 0.25) is 5.91 Å². The first-order valence-corrected chi connectivity index (χ1v) is 6.33. The fourth-order valence-corrected chi connectivity index (χ4v) is 2.11. The van der Waals surface area contributed by atoms with E-state index in [0.29, 0.717) is 18.9 Å². The molecule has 1 saturated carbocycles. The predicted molar refractivity (Wildman–Crippen MR) is 75.7 cm³/mol. The Balaban J connectivity index is 0.00000162. The number of carbonyl (C=O) groups is 1. The Kier molecular flexibility index (Phi) is 6.16. The molecule has 1 amide bonds. The molecule has 1 atom stereocenters. The van der Waals surface area contributed by atoms with Crippen molar-refractivity contribution in [3.05, 3.63) is 35.9 Å². The van der Waals surface area contributed by atoms with Crippen molar-refractivity contribution in [3.8, 4) is 0 Å². The molecule has 0 saturated heterocycles. The average molecular weight is 269 g/mol. The standard InChI is InChI=1S/C14H20N2O.ClH/c15-9-8-14(17)16-13(12-6-7-12)10-11-4-2-1-3-5-11;/h1-5,12-13H,6-10,15H2,(H,16,17);1H. The molecular weight excluding hydrogens is 248 g/mol. The number of benzene rings is 1. The lowest BCUT2D eigenvalue weighted by molar-refractivity contribution is -0.121. The Labute approximate surface area is 115 Å². The lowest BCUT2D eigenvalue weighted by atomic mass is 10.0. The number of nitrogens with one attached hydrogen (secondary N) is 1. The Morgan fingerprint density at radius 3 is 2.56 bits per heavy atom. The van der Waals surface area contributed by atoms with Crippen LogP contribution in [0.25, 0.3) is 0 Å². The highest BCUT2D eigenvalue weighted by atomic mass is 35.5. The fraction of sp³-hybridized carbons (Fsp3) is 0.500. The summed E-state index contributed by atoms with van der Waals surface area (Å²) in [5.74, 6) is 0.747. The van der Waals surface area contributed by atoms with Gasteiger partial charge in [-0.05, 0) is 30.7 Å². The van der Waals surface area contributed by atoms with Crippen molar-refractivity contribution in [3.63, 3.8) is 0 Å². The minimum absolute atomic E-state index is 0. The highest BCUT2D eigenvalue weighted by Crippen LogP contribution is 2.34. The van der Waals surface area contributed by atoms with Gasteiger partial charge in [0.25, 0.3) is 0 Å². The molecule has 1 unspecified atom stereocenters. The van der Waals surface area contributed by atoms with Crippen LogP contribution in [0.3, 0.4) is 0 Å². The Bertz CT molecular complexity index is 365. The maximum absolute atomic E-state index is 11.6. The smallest absolute Gasteiger partial charge is 0.221 e. The molecule has 3 N–H and O–H groups in total. The van der Waals surface area contributed by atoms with Gasteiger partial charge in [-0.15, -0.1) is 12.4 Å². The summed E-state index contributed by atoms with van der Waals surface area (Å²) in [4.78, 5) is 11.6. The molecule has 0 heterocycles. The first-order valence-electron chi connectivity index (χ1n) is 6.33. The second-order valence-corrected chi connectivity index (χ2v) is 4.74. The van der Waals surface area contributed by atoms with E-state index in [1.807, 2.05) is 18.2 Å². The van der Waals surface area contributed by atoms with Gasteiger partial charge in [-0.3, -0.25) is 4.79 Å². The lowest BCUT2D eigenvalue weighted by Gasteiger charge is -2.18. The average Bonchev–Trinajstić information content (AvgIpc) is 3.14. The third-order valence-electron chi connectivity index (χ3n) is 3.21. The van der Waals surface area contributed by atoms with Gasteiger partial charge in [-0.1, -0.05) is 30.3 Å². The summed E-state index contributed by atoms with van der Waals surface area (Å²) < 4.78 is 0. The van der Waals surface area contributed by atoms with E-state index in [0.717, 1.165) is 6.42 Å². The number of hydrogen-bond donors (Lipinski definition) is 2. The number of carbonyl (C=O) groups excluding carboxylic acids is 1. The van der Waals surface area contributed by atoms with E-state index in [2.05, 4.69) is 17.4 Å². The van der Waals surface area contributed by atoms with Gasteiger partial charge in [-0.25, -0.2) is 0 Å². The van der Waals surface area contributed by atoms with Gasteiger partial charge in [0, 0.05) is 19.0 Å². The SMILES string of the molecule is Cl.NCCC(=O)NC(Cc1ccccc1)C1CC1. The summed E-state index contributed by atoms with van der Waals surface area (Å²) in [7, 11) is 0. The molecule has 0 radical (unpaired) electrons. The predicted octanol–water partition coefficient (Wildman–Crippen LogP) is 1.89. The number of halogens is 1. The topological polar surface area (TPSA) is 55.1 Å². The molecule has 18 heavy (non-hydrogen) atoms. The highest BCUT2D eigenvalue weighted by molar-refractivity contribution is 5.85. The normalized spacial score (nSPS) is 15.6. The minimum atomic E-state index is 0. The van der Waals surface area contributed by atoms with Crippen molar-refractivity contribution in [2.24, 2.45) is 11.7 Å². The van der Waals surface area contributed by atoms with Gasteiger partial charge in [0.15, 0.2) is 0 Å². The summed E-state index contributed by atoms with van der Waals surface area (Å²) in [5, 5.41) is 3.11. The van der Waals surface area contributed by atoms with Crippen LogP contribution in [0.5, 0.6) is 0 Å². The minimum Gasteiger partial charge on any atom is -0.353 e. The van der Waals surface area contributed by atoms with Gasteiger partial charge < -0.3 is 11.1 Å². The number of hydrogen-bond acceptors (Lipinski definition) is 2. The Morgan fingerprint density at radius 2 is 2.00 bits per heavy atom. The van der Waals surface area contributed by atoms with Crippen LogP contribution in [0.4, 0.5) is 0 Å². The molecule has 0 bridgehead atoms. The van der Waals surface area contributed by atoms with Gasteiger partial charge in [0.05, 0.1) is 0 Å². The maximum Gasteiger partial charge on any atom is 0.221 e. The quantitative estimate of drug-likeness (QED) is 0.828. The van der Waals surface area contributed by atoms with Crippen LogP contribution in [-0.2, 0) is 11.2 Å². The Hall–Kier alpha value is -1.06. The van der Waals surface area contributed by atoms with Gasteiger partial charge in [0.1, 0.15) is 0 Å². The summed E-state index contributed by atoms with van der Waals surface area (Å²) in [5.41, 5.74) is 6.68. The van der Waals surface area contributed by atoms with Crippen LogP contribution in [0, 0.1) is 5.92 Å². The fourth-order valence-electron chi connectivity index (χ4n) is 2.11. The molecule has 1 aromatic carbocycles. The molecule has 1 aliphatic carbocycles. The van der Waals surface area contributed by atoms with Crippen LogP contribution in [-0.4, -0.2) is 18.5 Å². The van der Waals surface area contributed by atoms with Gasteiger partial charge >= 0.3 is 0 Å². The van der Waals surface area contributed by atoms with Crippen LogP contribution in [0.15, 0.2) is 30.3 Å². The molecule has 1 aromatic rings. The molecule has 1 aliphatic rings. The summed E-state index contributed by atoms with van der Waals surface area (Å²) >= 11 is 0. The van der Waals surface area contributed by atoms with Crippen molar-refractivity contribution in [2.75, 3.05) is 6.54 Å². The van der Waals surface area contributed by atoms with E-state index < -0.39 is 0 Å². The molecule has 0 aromatic heterocycles. The number of rotatable bonds is 6. The van der Waals surface area contributed by atoms with E-state index in [-0.39, 0.29) is 24.4 Å². The summed E-state index contributed by atoms with van der Waals surface area (Å²) in [6.45, 7) is 0.425. The molecule has 4 heteroatoms. The zero-order valence-electron chi connectivity index (χ0n) is 10.5. The third kappa shape index (κ3) is 4.67. The van der Waals surface area contributed by atoms with Crippen LogP contribution in [0.2, 0.25) is 0 Å². The summed E-state index contributed by atoms with van der Waals surface area (Å²) in [6, 6.07) is 10.6. The van der Waals surface area contributed by atoms with Crippen molar-refractivity contribution in [2.45, 2.75) is 31.7 Å². The van der Waals surface area contributed by atoms with Crippen LogP contribution >= 0.6 is 12.4 Å². The zero-order valence-corrected chi connectivity index (χ0v) is 11.3. The van der Waals surface area contributed by atoms with Crippen molar-refractivity contribution >= 4 is 18.3 Å². The van der Waals surface area contributed by atoms with E-state index in [9.17, 15) is 4.79 Å². The largest absolute Gasteiger partial charge is 0.353 e. The molecule has 2 rings (SSSR count). The van der Waals surface area contributed by atoms with E-state index in [4.69, 9.17) is 5.73 Å². The van der Waals surface area contributed by atoms with Crippen LogP contribution < -0.4 is 11.1 Å². The third-order valence-corrected chi connectivity index (χ3v) is 3.21. The van der Waals surface area contributed by atoms with Crippen molar-refractivity contribution < 1.29 is 4.79 Å². The second kappa shape index (κ2) is 7.39. The van der Waals surface area contributed by atoms with E-state index in [1.54, 1.807) is 0 Å². The molecule has 1 fully saturated rings. The second-order valence-electron chi connectivity index (χ2n) is 4.74. The number of nitrogens with two attached hydrogens (primary N) is 1. The highest BCUT2D eigenvalue weighted by Gasteiger charge is 2.31. The number of amides is 1. The van der Waals surface area contributed by atoms with E-state index in [1.165, 1.54) is 18.4 Å². The lowest BCUT2D eigenvalue weighted by Crippen LogP contribution is -2.38.